The van der Waals surface area contributed by atoms with Gasteiger partial charge in [0.1, 0.15) is 6.54 Å². The van der Waals surface area contributed by atoms with Crippen molar-refractivity contribution in [1.29, 1.82) is 0 Å². The fraction of sp³-hybridized carbons (Fsp3) is 0.750. The lowest BCUT2D eigenvalue weighted by molar-refractivity contribution is -0.133. The highest BCUT2D eigenvalue weighted by Crippen LogP contribution is 2.24. The molecule has 1 saturated heterocycles. The number of amides is 1. The van der Waals surface area contributed by atoms with E-state index in [1.165, 1.54) is 38.6 Å². The van der Waals surface area contributed by atoms with Crippen molar-refractivity contribution in [2.75, 3.05) is 32.7 Å². The maximum atomic E-state index is 12.2. The second kappa shape index (κ2) is 7.07. The van der Waals surface area contributed by atoms with Gasteiger partial charge in [0.25, 0.3) is 0 Å². The molecule has 1 amide bonds. The van der Waals surface area contributed by atoms with Crippen molar-refractivity contribution in [3.8, 4) is 0 Å². The van der Waals surface area contributed by atoms with Crippen LogP contribution in [-0.4, -0.2) is 58.2 Å². The van der Waals surface area contributed by atoms with Crippen molar-refractivity contribution in [2.45, 2.75) is 38.6 Å². The summed E-state index contributed by atoms with van der Waals surface area (Å²) in [7, 11) is 0. The summed E-state index contributed by atoms with van der Waals surface area (Å²) in [4.78, 5) is 16.7. The first-order valence-electron chi connectivity index (χ1n) is 8.29. The van der Waals surface area contributed by atoms with E-state index in [4.69, 9.17) is 0 Å². The molecule has 3 rings (SSSR count). The molecule has 1 aliphatic carbocycles. The van der Waals surface area contributed by atoms with Gasteiger partial charge >= 0.3 is 0 Å². The van der Waals surface area contributed by atoms with Gasteiger partial charge in [-0.1, -0.05) is 19.3 Å². The Morgan fingerprint density at radius 2 is 1.86 bits per heavy atom. The van der Waals surface area contributed by atoms with Crippen LogP contribution in [0.25, 0.3) is 0 Å². The quantitative estimate of drug-likeness (QED) is 0.846. The minimum absolute atomic E-state index is 0.191. The zero-order valence-electron chi connectivity index (χ0n) is 12.8. The molecule has 0 aromatic carbocycles. The van der Waals surface area contributed by atoms with Crippen molar-refractivity contribution >= 4 is 5.91 Å². The maximum Gasteiger partial charge on any atom is 0.244 e. The van der Waals surface area contributed by atoms with Crippen molar-refractivity contribution in [3.05, 3.63) is 18.5 Å². The molecule has 116 valence electrons. The molecule has 0 unspecified atom stereocenters. The predicted molar refractivity (Wildman–Crippen MR) is 81.8 cm³/mol. The lowest BCUT2D eigenvalue weighted by Gasteiger charge is -2.37. The average molecular weight is 290 g/mol. The van der Waals surface area contributed by atoms with Crippen LogP contribution >= 0.6 is 0 Å². The number of carbonyl (C=O) groups is 1. The van der Waals surface area contributed by atoms with Gasteiger partial charge in [-0.2, -0.15) is 5.10 Å². The van der Waals surface area contributed by atoms with Gasteiger partial charge in [-0.25, -0.2) is 0 Å². The molecule has 5 nitrogen and oxygen atoms in total. The second-order valence-electron chi connectivity index (χ2n) is 6.39. The fourth-order valence-electron chi connectivity index (χ4n) is 3.55. The van der Waals surface area contributed by atoms with E-state index in [0.717, 1.165) is 32.1 Å². The monoisotopic (exact) mass is 290 g/mol. The average Bonchev–Trinajstić information content (AvgIpc) is 3.02. The minimum Gasteiger partial charge on any atom is -0.339 e. The van der Waals surface area contributed by atoms with Crippen LogP contribution in [0.5, 0.6) is 0 Å². The Balaban J connectivity index is 1.41. The fourth-order valence-corrected chi connectivity index (χ4v) is 3.55. The van der Waals surface area contributed by atoms with E-state index in [1.54, 1.807) is 10.9 Å². The Morgan fingerprint density at radius 3 is 2.52 bits per heavy atom. The molecule has 2 aliphatic rings. The third-order valence-electron chi connectivity index (χ3n) is 4.82. The summed E-state index contributed by atoms with van der Waals surface area (Å²) >= 11 is 0. The Hall–Kier alpha value is -1.36. The SMILES string of the molecule is O=C(Cn1cccn1)N1CCN(CC2CCCCC2)CC1. The van der Waals surface area contributed by atoms with Crippen LogP contribution in [0, 0.1) is 5.92 Å². The van der Waals surface area contributed by atoms with E-state index in [1.807, 2.05) is 17.2 Å². The Kier molecular flexibility index (Phi) is 4.91. The lowest BCUT2D eigenvalue weighted by Crippen LogP contribution is -2.50. The molecule has 1 saturated carbocycles. The van der Waals surface area contributed by atoms with Crippen LogP contribution in [0.4, 0.5) is 0 Å². The van der Waals surface area contributed by atoms with E-state index in [2.05, 4.69) is 10.00 Å². The number of hydrogen-bond acceptors (Lipinski definition) is 3. The molecule has 2 fully saturated rings. The van der Waals surface area contributed by atoms with E-state index in [-0.39, 0.29) is 5.91 Å². The van der Waals surface area contributed by atoms with Crippen molar-refractivity contribution in [2.24, 2.45) is 5.92 Å². The standard InChI is InChI=1S/C16H26N4O/c21-16(14-20-8-4-7-17-20)19-11-9-18(10-12-19)13-15-5-2-1-3-6-15/h4,7-8,15H,1-3,5-6,9-14H2. The molecule has 0 bridgehead atoms. The molecule has 0 spiro atoms. The van der Waals surface area contributed by atoms with Crippen LogP contribution < -0.4 is 0 Å². The number of piperazine rings is 1. The number of carbonyl (C=O) groups excluding carboxylic acids is 1. The number of aromatic nitrogens is 2. The highest BCUT2D eigenvalue weighted by molar-refractivity contribution is 5.76. The lowest BCUT2D eigenvalue weighted by atomic mass is 9.89. The largest absolute Gasteiger partial charge is 0.339 e. The molecule has 0 atom stereocenters. The van der Waals surface area contributed by atoms with Crippen LogP contribution in [0.15, 0.2) is 18.5 Å². The summed E-state index contributed by atoms with van der Waals surface area (Å²) in [5.41, 5.74) is 0. The highest BCUT2D eigenvalue weighted by atomic mass is 16.2. The van der Waals surface area contributed by atoms with Gasteiger partial charge < -0.3 is 4.90 Å². The number of hydrogen-bond donors (Lipinski definition) is 0. The second-order valence-corrected chi connectivity index (χ2v) is 6.39. The predicted octanol–water partition coefficient (Wildman–Crippen LogP) is 1.61. The van der Waals surface area contributed by atoms with Gasteiger partial charge in [-0.3, -0.25) is 14.4 Å². The Morgan fingerprint density at radius 1 is 1.10 bits per heavy atom. The van der Waals surface area contributed by atoms with Gasteiger partial charge in [0.15, 0.2) is 0 Å². The number of rotatable bonds is 4. The zero-order valence-corrected chi connectivity index (χ0v) is 12.8. The topological polar surface area (TPSA) is 41.4 Å². The summed E-state index contributed by atoms with van der Waals surface area (Å²) in [5, 5.41) is 4.10. The third kappa shape index (κ3) is 4.06. The molecule has 21 heavy (non-hydrogen) atoms. The van der Waals surface area contributed by atoms with Crippen LogP contribution in [-0.2, 0) is 11.3 Å². The van der Waals surface area contributed by atoms with Crippen LogP contribution in [0.1, 0.15) is 32.1 Å². The molecular weight excluding hydrogens is 264 g/mol. The van der Waals surface area contributed by atoms with Gasteiger partial charge in [-0.15, -0.1) is 0 Å². The molecule has 2 heterocycles. The molecule has 0 N–H and O–H groups in total. The van der Waals surface area contributed by atoms with Gasteiger partial charge in [0.05, 0.1) is 0 Å². The van der Waals surface area contributed by atoms with Crippen molar-refractivity contribution < 1.29 is 4.79 Å². The summed E-state index contributed by atoms with van der Waals surface area (Å²) in [6.45, 7) is 5.40. The van der Waals surface area contributed by atoms with Gasteiger partial charge in [0.2, 0.25) is 5.91 Å². The molecule has 0 radical (unpaired) electrons. The summed E-state index contributed by atoms with van der Waals surface area (Å²) in [6, 6.07) is 1.86. The summed E-state index contributed by atoms with van der Waals surface area (Å²) in [6.07, 6.45) is 10.6. The molecule has 1 aliphatic heterocycles. The third-order valence-corrected chi connectivity index (χ3v) is 4.82. The summed E-state index contributed by atoms with van der Waals surface area (Å²) < 4.78 is 1.71. The van der Waals surface area contributed by atoms with E-state index in [0.29, 0.717) is 6.54 Å². The first-order chi connectivity index (χ1) is 10.3. The normalized spacial score (nSPS) is 21.6. The molecule has 1 aromatic heterocycles. The highest BCUT2D eigenvalue weighted by Gasteiger charge is 2.23. The van der Waals surface area contributed by atoms with E-state index >= 15 is 0 Å². The van der Waals surface area contributed by atoms with E-state index in [9.17, 15) is 4.79 Å². The molecule has 1 aromatic rings. The van der Waals surface area contributed by atoms with Crippen LogP contribution in [0.3, 0.4) is 0 Å². The van der Waals surface area contributed by atoms with E-state index < -0.39 is 0 Å². The van der Waals surface area contributed by atoms with Gasteiger partial charge in [-0.05, 0) is 24.8 Å². The number of nitrogens with zero attached hydrogens (tertiary/aromatic N) is 4. The van der Waals surface area contributed by atoms with Gasteiger partial charge in [0, 0.05) is 45.1 Å². The Labute approximate surface area is 126 Å². The first-order valence-corrected chi connectivity index (χ1v) is 8.29. The smallest absolute Gasteiger partial charge is 0.244 e. The van der Waals surface area contributed by atoms with Crippen molar-refractivity contribution in [3.63, 3.8) is 0 Å². The molecule has 5 heteroatoms. The maximum absolute atomic E-state index is 12.2. The zero-order chi connectivity index (χ0) is 14.5. The van der Waals surface area contributed by atoms with Crippen molar-refractivity contribution in [1.82, 2.24) is 19.6 Å². The minimum atomic E-state index is 0.191. The Bertz CT molecular complexity index is 431. The van der Waals surface area contributed by atoms with Crippen LogP contribution in [0.2, 0.25) is 0 Å². The first kappa shape index (κ1) is 14.6. The summed E-state index contributed by atoms with van der Waals surface area (Å²) in [5.74, 6) is 1.08. The molecular formula is C16H26N4O.